The molecule has 1 aliphatic heterocycles. The van der Waals surface area contributed by atoms with E-state index in [9.17, 15) is 4.39 Å². The lowest BCUT2D eigenvalue weighted by molar-refractivity contribution is 0.156. The summed E-state index contributed by atoms with van der Waals surface area (Å²) in [5.74, 6) is -0.269. The largest absolute Gasteiger partial charge is 0.315 e. The van der Waals surface area contributed by atoms with Crippen LogP contribution < -0.4 is 5.32 Å². The zero-order valence-corrected chi connectivity index (χ0v) is 12.2. The van der Waals surface area contributed by atoms with Crippen LogP contribution in [-0.2, 0) is 6.54 Å². The quantitative estimate of drug-likeness (QED) is 0.891. The second-order valence-corrected chi connectivity index (χ2v) is 5.59. The molecule has 1 fully saturated rings. The van der Waals surface area contributed by atoms with Crippen LogP contribution in [0.4, 0.5) is 4.39 Å². The number of nitrogens with zero attached hydrogens (tertiary/aromatic N) is 1. The van der Waals surface area contributed by atoms with Gasteiger partial charge in [0.2, 0.25) is 0 Å². The van der Waals surface area contributed by atoms with Gasteiger partial charge in [-0.1, -0.05) is 30.7 Å². The first-order valence-corrected chi connectivity index (χ1v) is 7.47. The summed E-state index contributed by atoms with van der Waals surface area (Å²) in [7, 11) is 0. The average Bonchev–Trinajstić information content (AvgIpc) is 2.44. The minimum Gasteiger partial charge on any atom is -0.315 e. The predicted octanol–water partition coefficient (Wildman–Crippen LogP) is 3.44. The lowest BCUT2D eigenvalue weighted by atomic mass is 10.0. The second kappa shape index (κ2) is 7.22. The Bertz CT molecular complexity index is 405. The van der Waals surface area contributed by atoms with Crippen molar-refractivity contribution >= 4 is 11.6 Å². The van der Waals surface area contributed by atoms with Crippen molar-refractivity contribution in [2.24, 2.45) is 0 Å². The van der Waals surface area contributed by atoms with Gasteiger partial charge in [-0.05, 0) is 38.4 Å². The molecule has 0 bridgehead atoms. The molecular weight excluding hydrogens is 263 g/mol. The fourth-order valence-electron chi connectivity index (χ4n) is 2.71. The molecule has 1 heterocycles. The average molecular weight is 285 g/mol. The Morgan fingerprint density at radius 2 is 2.32 bits per heavy atom. The summed E-state index contributed by atoms with van der Waals surface area (Å²) >= 11 is 5.85. The molecule has 2 nitrogen and oxygen atoms in total. The highest BCUT2D eigenvalue weighted by Crippen LogP contribution is 2.21. The molecule has 106 valence electrons. The van der Waals surface area contributed by atoms with Crippen molar-refractivity contribution in [2.45, 2.75) is 38.8 Å². The fraction of sp³-hybridized carbons (Fsp3) is 0.600. The van der Waals surface area contributed by atoms with Crippen LogP contribution in [0.15, 0.2) is 18.2 Å². The third-order valence-corrected chi connectivity index (χ3v) is 3.99. The van der Waals surface area contributed by atoms with Crippen molar-refractivity contribution in [3.05, 3.63) is 34.6 Å². The Labute approximate surface area is 119 Å². The summed E-state index contributed by atoms with van der Waals surface area (Å²) < 4.78 is 14.0. The van der Waals surface area contributed by atoms with Gasteiger partial charge in [-0.3, -0.25) is 4.90 Å². The smallest absolute Gasteiger partial charge is 0.146 e. The summed E-state index contributed by atoms with van der Waals surface area (Å²) in [6, 6.07) is 5.77. The van der Waals surface area contributed by atoms with Crippen LogP contribution >= 0.6 is 11.6 Å². The molecule has 0 aliphatic carbocycles. The highest BCUT2D eigenvalue weighted by atomic mass is 35.5. The molecule has 0 saturated carbocycles. The van der Waals surface area contributed by atoms with Gasteiger partial charge in [0.05, 0.1) is 5.02 Å². The first kappa shape index (κ1) is 14.8. The minimum atomic E-state index is -0.269. The molecule has 1 aromatic rings. The van der Waals surface area contributed by atoms with Crippen molar-refractivity contribution in [3.8, 4) is 0 Å². The Balaban J connectivity index is 2.08. The van der Waals surface area contributed by atoms with E-state index >= 15 is 0 Å². The number of halogens is 2. The monoisotopic (exact) mass is 284 g/mol. The van der Waals surface area contributed by atoms with Crippen molar-refractivity contribution < 1.29 is 4.39 Å². The van der Waals surface area contributed by atoms with Gasteiger partial charge >= 0.3 is 0 Å². The number of hydrogen-bond acceptors (Lipinski definition) is 2. The maximum Gasteiger partial charge on any atom is 0.146 e. The molecule has 0 aromatic heterocycles. The third-order valence-electron chi connectivity index (χ3n) is 3.70. The highest BCUT2D eigenvalue weighted by Gasteiger charge is 2.21. The molecule has 1 N–H and O–H groups in total. The van der Waals surface area contributed by atoms with E-state index in [0.717, 1.165) is 26.1 Å². The molecule has 1 unspecified atom stereocenters. The Morgan fingerprint density at radius 1 is 1.47 bits per heavy atom. The molecule has 1 aromatic carbocycles. The molecule has 1 aliphatic rings. The van der Waals surface area contributed by atoms with Crippen molar-refractivity contribution in [2.75, 3.05) is 19.6 Å². The summed E-state index contributed by atoms with van der Waals surface area (Å²) in [6.45, 7) is 5.91. The van der Waals surface area contributed by atoms with Gasteiger partial charge in [0.15, 0.2) is 0 Å². The maximum absolute atomic E-state index is 14.0. The molecule has 1 saturated heterocycles. The number of nitrogens with one attached hydrogen (secondary N) is 1. The van der Waals surface area contributed by atoms with Crippen LogP contribution in [0.25, 0.3) is 0 Å². The second-order valence-electron chi connectivity index (χ2n) is 5.18. The van der Waals surface area contributed by atoms with E-state index in [0.29, 0.717) is 18.2 Å². The van der Waals surface area contributed by atoms with Gasteiger partial charge in [-0.25, -0.2) is 4.39 Å². The van der Waals surface area contributed by atoms with Crippen LogP contribution in [0, 0.1) is 5.82 Å². The number of rotatable bonds is 5. The van der Waals surface area contributed by atoms with E-state index in [1.54, 1.807) is 6.07 Å². The normalized spacial score (nSPS) is 19.9. The molecule has 19 heavy (non-hydrogen) atoms. The minimum absolute atomic E-state index is 0.218. The predicted molar refractivity (Wildman–Crippen MR) is 78.0 cm³/mol. The van der Waals surface area contributed by atoms with E-state index in [1.165, 1.54) is 12.8 Å². The fourth-order valence-corrected chi connectivity index (χ4v) is 2.91. The zero-order valence-electron chi connectivity index (χ0n) is 11.5. The molecular formula is C15H22ClFN2. The third kappa shape index (κ3) is 3.91. The molecule has 2 rings (SSSR count). The van der Waals surface area contributed by atoms with E-state index in [4.69, 9.17) is 11.6 Å². The van der Waals surface area contributed by atoms with E-state index in [-0.39, 0.29) is 10.8 Å². The Morgan fingerprint density at radius 3 is 3.00 bits per heavy atom. The molecule has 4 heteroatoms. The number of benzene rings is 1. The first-order chi connectivity index (χ1) is 9.22. The molecule has 0 amide bonds. The lowest BCUT2D eigenvalue weighted by Crippen LogP contribution is -2.46. The maximum atomic E-state index is 14.0. The van der Waals surface area contributed by atoms with Gasteiger partial charge in [0.25, 0.3) is 0 Å². The topological polar surface area (TPSA) is 15.3 Å². The summed E-state index contributed by atoms with van der Waals surface area (Å²) in [5, 5.41) is 3.64. The summed E-state index contributed by atoms with van der Waals surface area (Å²) in [5.41, 5.74) is 0.700. The highest BCUT2D eigenvalue weighted by molar-refractivity contribution is 6.30. The standard InChI is InChI=1S/C15H22ClFN2/c1-2-9-19(13-6-4-8-18-10-13)11-12-5-3-7-14(16)15(12)17/h3,5,7,13,18H,2,4,6,8-11H2,1H3. The molecule has 1 atom stereocenters. The zero-order chi connectivity index (χ0) is 13.7. The Hall–Kier alpha value is -0.640. The molecule has 0 radical (unpaired) electrons. The number of hydrogen-bond donors (Lipinski definition) is 1. The van der Waals surface area contributed by atoms with Crippen LogP contribution in [0.1, 0.15) is 31.7 Å². The Kier molecular flexibility index (Phi) is 5.61. The van der Waals surface area contributed by atoms with Crippen LogP contribution in [0.3, 0.4) is 0 Å². The van der Waals surface area contributed by atoms with Gasteiger partial charge in [0, 0.05) is 24.7 Å². The van der Waals surface area contributed by atoms with Gasteiger partial charge in [0.1, 0.15) is 5.82 Å². The van der Waals surface area contributed by atoms with Crippen molar-refractivity contribution in [3.63, 3.8) is 0 Å². The first-order valence-electron chi connectivity index (χ1n) is 7.10. The molecule has 0 spiro atoms. The van der Waals surface area contributed by atoms with E-state index < -0.39 is 0 Å². The lowest BCUT2D eigenvalue weighted by Gasteiger charge is -2.34. The van der Waals surface area contributed by atoms with Crippen LogP contribution in [0.2, 0.25) is 5.02 Å². The number of piperidine rings is 1. The summed E-state index contributed by atoms with van der Waals surface area (Å²) in [4.78, 5) is 2.38. The van der Waals surface area contributed by atoms with E-state index in [2.05, 4.69) is 17.1 Å². The van der Waals surface area contributed by atoms with Gasteiger partial charge in [-0.15, -0.1) is 0 Å². The summed E-state index contributed by atoms with van der Waals surface area (Å²) in [6.07, 6.45) is 3.47. The van der Waals surface area contributed by atoms with E-state index in [1.807, 2.05) is 12.1 Å². The van der Waals surface area contributed by atoms with Gasteiger partial charge < -0.3 is 5.32 Å². The van der Waals surface area contributed by atoms with Gasteiger partial charge in [-0.2, -0.15) is 0 Å². The van der Waals surface area contributed by atoms with Crippen molar-refractivity contribution in [1.29, 1.82) is 0 Å². The van der Waals surface area contributed by atoms with Crippen LogP contribution in [-0.4, -0.2) is 30.6 Å². The SMILES string of the molecule is CCCN(Cc1cccc(Cl)c1F)C1CCCNC1. The van der Waals surface area contributed by atoms with Crippen molar-refractivity contribution in [1.82, 2.24) is 10.2 Å². The van der Waals surface area contributed by atoms with Crippen LogP contribution in [0.5, 0.6) is 0 Å².